The van der Waals surface area contributed by atoms with Crippen molar-refractivity contribution in [2.24, 2.45) is 5.73 Å². The molecule has 3 N–H and O–H groups in total. The standard InChI is InChI=1S/C19H23N7O2.2ClH/c1-27-11-17-23-15(12-8-13(20)9-12)10-16(24-17)22-7-5-18-25-19(26-28-18)14-4-2-3-6-21-14;;/h2-4,6,10,12-13H,5,7-9,11,20H2,1H3,(H,22,23,24);2*1H. The van der Waals surface area contributed by atoms with Gasteiger partial charge in [-0.3, -0.25) is 4.98 Å². The third kappa shape index (κ3) is 5.85. The van der Waals surface area contributed by atoms with E-state index >= 15 is 0 Å². The molecular formula is C19H25Cl2N7O2. The fraction of sp³-hybridized carbons (Fsp3) is 0.421. The maximum atomic E-state index is 5.92. The first kappa shape index (κ1) is 23.9. The molecule has 0 aliphatic heterocycles. The van der Waals surface area contributed by atoms with E-state index in [4.69, 9.17) is 15.0 Å². The number of nitrogens with two attached hydrogens (primary N) is 1. The Kier molecular flexibility index (Phi) is 8.91. The predicted molar refractivity (Wildman–Crippen MR) is 117 cm³/mol. The summed E-state index contributed by atoms with van der Waals surface area (Å²) >= 11 is 0. The second kappa shape index (κ2) is 11.2. The molecule has 0 aromatic carbocycles. The molecule has 1 fully saturated rings. The van der Waals surface area contributed by atoms with Gasteiger partial charge in [-0.1, -0.05) is 11.2 Å². The van der Waals surface area contributed by atoms with E-state index in [0.717, 1.165) is 24.4 Å². The molecule has 11 heteroatoms. The molecule has 3 heterocycles. The van der Waals surface area contributed by atoms with Crippen molar-refractivity contribution in [3.63, 3.8) is 0 Å². The second-order valence-corrected chi connectivity index (χ2v) is 6.86. The number of hydrogen-bond acceptors (Lipinski definition) is 9. The van der Waals surface area contributed by atoms with E-state index in [1.54, 1.807) is 13.3 Å². The second-order valence-electron chi connectivity index (χ2n) is 6.86. The molecule has 0 radical (unpaired) electrons. The molecule has 1 saturated carbocycles. The Bertz CT molecular complexity index is 920. The number of anilines is 1. The summed E-state index contributed by atoms with van der Waals surface area (Å²) in [6, 6.07) is 7.84. The third-order valence-electron chi connectivity index (χ3n) is 4.67. The molecule has 0 atom stereocenters. The molecule has 0 saturated heterocycles. The van der Waals surface area contributed by atoms with Crippen LogP contribution >= 0.6 is 24.8 Å². The van der Waals surface area contributed by atoms with Crippen molar-refractivity contribution in [1.82, 2.24) is 25.1 Å². The normalized spacial score (nSPS) is 17.4. The van der Waals surface area contributed by atoms with Crippen molar-refractivity contribution in [3.8, 4) is 11.5 Å². The smallest absolute Gasteiger partial charge is 0.228 e. The van der Waals surface area contributed by atoms with Gasteiger partial charge in [-0.2, -0.15) is 4.98 Å². The first-order valence-electron chi connectivity index (χ1n) is 9.31. The first-order valence-corrected chi connectivity index (χ1v) is 9.31. The highest BCUT2D eigenvalue weighted by Gasteiger charge is 2.29. The summed E-state index contributed by atoms with van der Waals surface area (Å²) in [5.74, 6) is 2.86. The topological polar surface area (TPSA) is 125 Å². The number of pyridine rings is 1. The minimum Gasteiger partial charge on any atom is -0.377 e. The van der Waals surface area contributed by atoms with Crippen molar-refractivity contribution in [1.29, 1.82) is 0 Å². The monoisotopic (exact) mass is 453 g/mol. The molecule has 0 bridgehead atoms. The number of hydrogen-bond donors (Lipinski definition) is 2. The van der Waals surface area contributed by atoms with Gasteiger partial charge in [-0.05, 0) is 25.0 Å². The van der Waals surface area contributed by atoms with E-state index in [1.807, 2.05) is 24.3 Å². The summed E-state index contributed by atoms with van der Waals surface area (Å²) in [7, 11) is 1.64. The van der Waals surface area contributed by atoms with Crippen LogP contribution in [-0.2, 0) is 17.8 Å². The van der Waals surface area contributed by atoms with Gasteiger partial charge in [0.15, 0.2) is 5.82 Å². The Hall–Kier alpha value is -2.33. The molecule has 1 aliphatic carbocycles. The molecule has 3 aromatic rings. The molecule has 9 nitrogen and oxygen atoms in total. The molecular weight excluding hydrogens is 429 g/mol. The van der Waals surface area contributed by atoms with E-state index in [9.17, 15) is 0 Å². The molecule has 162 valence electrons. The van der Waals surface area contributed by atoms with Crippen LogP contribution in [0.3, 0.4) is 0 Å². The van der Waals surface area contributed by atoms with Crippen LogP contribution in [0.15, 0.2) is 35.0 Å². The lowest BCUT2D eigenvalue weighted by Crippen LogP contribution is -2.35. The Morgan fingerprint density at radius 2 is 2.03 bits per heavy atom. The van der Waals surface area contributed by atoms with Crippen LogP contribution in [-0.4, -0.2) is 44.8 Å². The van der Waals surface area contributed by atoms with Crippen LogP contribution in [0.5, 0.6) is 0 Å². The Morgan fingerprint density at radius 3 is 2.73 bits per heavy atom. The zero-order valence-corrected chi connectivity index (χ0v) is 18.2. The van der Waals surface area contributed by atoms with Crippen LogP contribution in [0, 0.1) is 0 Å². The number of nitrogens with zero attached hydrogens (tertiary/aromatic N) is 5. The van der Waals surface area contributed by atoms with E-state index in [-0.39, 0.29) is 30.9 Å². The van der Waals surface area contributed by atoms with Crippen LogP contribution in [0.25, 0.3) is 11.5 Å². The Morgan fingerprint density at radius 1 is 1.20 bits per heavy atom. The minimum absolute atomic E-state index is 0. The molecule has 0 spiro atoms. The lowest BCUT2D eigenvalue weighted by molar-refractivity contribution is 0.177. The van der Waals surface area contributed by atoms with Gasteiger partial charge in [-0.15, -0.1) is 24.8 Å². The number of rotatable bonds is 8. The van der Waals surface area contributed by atoms with Gasteiger partial charge in [0.25, 0.3) is 0 Å². The van der Waals surface area contributed by atoms with Crippen LogP contribution < -0.4 is 11.1 Å². The zero-order valence-electron chi connectivity index (χ0n) is 16.5. The number of aromatic nitrogens is 5. The average Bonchev–Trinajstić information content (AvgIpc) is 3.15. The Balaban J connectivity index is 0.00000160. The van der Waals surface area contributed by atoms with Gasteiger partial charge in [-0.25, -0.2) is 9.97 Å². The summed E-state index contributed by atoms with van der Waals surface area (Å²) in [5, 5.41) is 7.30. The lowest BCUT2D eigenvalue weighted by Gasteiger charge is -2.32. The number of halogens is 2. The molecule has 30 heavy (non-hydrogen) atoms. The van der Waals surface area contributed by atoms with Crippen molar-refractivity contribution in [3.05, 3.63) is 47.9 Å². The zero-order chi connectivity index (χ0) is 19.3. The average molecular weight is 454 g/mol. The van der Waals surface area contributed by atoms with E-state index in [2.05, 4.69) is 30.4 Å². The van der Waals surface area contributed by atoms with Gasteiger partial charge in [0.2, 0.25) is 11.7 Å². The van der Waals surface area contributed by atoms with Crippen molar-refractivity contribution in [2.45, 2.75) is 37.8 Å². The Labute approximate surface area is 187 Å². The molecule has 3 aromatic heterocycles. The number of ether oxygens (including phenoxy) is 1. The van der Waals surface area contributed by atoms with Gasteiger partial charge < -0.3 is 20.3 Å². The largest absolute Gasteiger partial charge is 0.377 e. The number of methoxy groups -OCH3 is 1. The summed E-state index contributed by atoms with van der Waals surface area (Å²) in [4.78, 5) is 17.7. The minimum atomic E-state index is 0. The van der Waals surface area contributed by atoms with Crippen molar-refractivity contribution < 1.29 is 9.26 Å². The fourth-order valence-electron chi connectivity index (χ4n) is 3.17. The van der Waals surface area contributed by atoms with Gasteiger partial charge in [0.05, 0.1) is 0 Å². The van der Waals surface area contributed by atoms with E-state index < -0.39 is 0 Å². The van der Waals surface area contributed by atoms with Crippen molar-refractivity contribution in [2.75, 3.05) is 19.0 Å². The highest BCUT2D eigenvalue weighted by atomic mass is 35.5. The summed E-state index contributed by atoms with van der Waals surface area (Å²) < 4.78 is 10.5. The highest BCUT2D eigenvalue weighted by Crippen LogP contribution is 2.35. The molecule has 1 aliphatic rings. The van der Waals surface area contributed by atoms with E-state index in [0.29, 0.717) is 48.7 Å². The maximum absolute atomic E-state index is 5.92. The van der Waals surface area contributed by atoms with Gasteiger partial charge in [0.1, 0.15) is 18.1 Å². The predicted octanol–water partition coefficient (Wildman–Crippen LogP) is 2.77. The quantitative estimate of drug-likeness (QED) is 0.529. The fourth-order valence-corrected chi connectivity index (χ4v) is 3.17. The van der Waals surface area contributed by atoms with Crippen molar-refractivity contribution >= 4 is 30.6 Å². The lowest BCUT2D eigenvalue weighted by atomic mass is 9.78. The summed E-state index contributed by atoms with van der Waals surface area (Å²) in [6.07, 6.45) is 4.20. The van der Waals surface area contributed by atoms with Gasteiger partial charge >= 0.3 is 0 Å². The summed E-state index contributed by atoms with van der Waals surface area (Å²) in [6.45, 7) is 0.981. The first-order chi connectivity index (χ1) is 13.7. The molecule has 4 rings (SSSR count). The van der Waals surface area contributed by atoms with Crippen LogP contribution in [0.4, 0.5) is 5.82 Å². The van der Waals surface area contributed by atoms with Gasteiger partial charge in [0, 0.05) is 50.0 Å². The molecule has 0 amide bonds. The van der Waals surface area contributed by atoms with Crippen LogP contribution in [0.1, 0.15) is 36.2 Å². The third-order valence-corrected chi connectivity index (χ3v) is 4.67. The number of nitrogens with one attached hydrogen (secondary N) is 1. The maximum Gasteiger partial charge on any atom is 0.228 e. The van der Waals surface area contributed by atoms with E-state index in [1.165, 1.54) is 0 Å². The van der Waals surface area contributed by atoms with Crippen LogP contribution in [0.2, 0.25) is 0 Å². The highest BCUT2D eigenvalue weighted by molar-refractivity contribution is 5.85. The summed E-state index contributed by atoms with van der Waals surface area (Å²) in [5.41, 5.74) is 7.62. The molecule has 0 unspecified atom stereocenters. The SMILES string of the molecule is COCc1nc(NCCc2nc(-c3ccccn3)no2)cc(C2CC(N)C2)n1.Cl.Cl.